The minimum absolute atomic E-state index is 0.0535. The Bertz CT molecular complexity index is 1300. The smallest absolute Gasteiger partial charge is 0.254 e. The van der Waals surface area contributed by atoms with Crippen LogP contribution in [-0.2, 0) is 0 Å². The molecular formula is C29H26N2O3. The quantitative estimate of drug-likeness (QED) is 0.347. The number of benzene rings is 3. The Morgan fingerprint density at radius 2 is 1.56 bits per heavy atom. The standard InChI is InChI=1S/C29H26N2O3/c1-20-11-13-22(14-12-20)27(32)23-15-17-31(18-16-23)29(33)25-10-6-5-9-24(25)28-30-19-26(34-28)21-7-3-2-4-8-21/h2-14,19,23H,15-18H2,1H3. The van der Waals surface area contributed by atoms with Gasteiger partial charge in [-0.2, -0.15) is 0 Å². The average molecular weight is 451 g/mol. The lowest BCUT2D eigenvalue weighted by Crippen LogP contribution is -2.40. The molecule has 0 N–H and O–H groups in total. The molecular weight excluding hydrogens is 424 g/mol. The lowest BCUT2D eigenvalue weighted by molar-refractivity contribution is 0.0651. The summed E-state index contributed by atoms with van der Waals surface area (Å²) in [6, 6.07) is 24.9. The van der Waals surface area contributed by atoms with Crippen molar-refractivity contribution >= 4 is 11.7 Å². The maximum absolute atomic E-state index is 13.4. The third kappa shape index (κ3) is 4.42. The number of hydrogen-bond acceptors (Lipinski definition) is 4. The van der Waals surface area contributed by atoms with Crippen LogP contribution in [0.5, 0.6) is 0 Å². The largest absolute Gasteiger partial charge is 0.436 e. The van der Waals surface area contributed by atoms with Crippen molar-refractivity contribution in [3.8, 4) is 22.8 Å². The van der Waals surface area contributed by atoms with Gasteiger partial charge in [0.2, 0.25) is 5.89 Å². The third-order valence-corrected chi connectivity index (χ3v) is 6.44. The first-order valence-electron chi connectivity index (χ1n) is 11.6. The van der Waals surface area contributed by atoms with Crippen molar-refractivity contribution in [1.82, 2.24) is 9.88 Å². The van der Waals surface area contributed by atoms with Crippen molar-refractivity contribution in [2.24, 2.45) is 5.92 Å². The second-order valence-electron chi connectivity index (χ2n) is 8.74. The summed E-state index contributed by atoms with van der Waals surface area (Å²) in [6.45, 7) is 3.11. The molecule has 0 spiro atoms. The zero-order valence-corrected chi connectivity index (χ0v) is 19.1. The van der Waals surface area contributed by atoms with E-state index in [4.69, 9.17) is 4.42 Å². The summed E-state index contributed by atoms with van der Waals surface area (Å²) in [7, 11) is 0. The van der Waals surface area contributed by atoms with Gasteiger partial charge in [0.05, 0.1) is 11.8 Å². The predicted octanol–water partition coefficient (Wildman–Crippen LogP) is 6.05. The summed E-state index contributed by atoms with van der Waals surface area (Å²) < 4.78 is 6.01. The predicted molar refractivity (Wildman–Crippen MR) is 132 cm³/mol. The van der Waals surface area contributed by atoms with E-state index in [-0.39, 0.29) is 17.6 Å². The minimum Gasteiger partial charge on any atom is -0.436 e. The summed E-state index contributed by atoms with van der Waals surface area (Å²) in [6.07, 6.45) is 3.02. The van der Waals surface area contributed by atoms with E-state index in [1.807, 2.05) is 90.7 Å². The number of carbonyl (C=O) groups is 2. The number of likely N-dealkylation sites (tertiary alicyclic amines) is 1. The van der Waals surface area contributed by atoms with Crippen LogP contribution in [-0.4, -0.2) is 34.7 Å². The SMILES string of the molecule is Cc1ccc(C(=O)C2CCN(C(=O)c3ccccc3-c3ncc(-c4ccccc4)o3)CC2)cc1. The van der Waals surface area contributed by atoms with E-state index in [1.165, 1.54) is 0 Å². The molecule has 2 heterocycles. The number of aryl methyl sites for hydroxylation is 1. The van der Waals surface area contributed by atoms with Gasteiger partial charge < -0.3 is 9.32 Å². The molecule has 0 unspecified atom stereocenters. The van der Waals surface area contributed by atoms with Crippen LogP contribution >= 0.6 is 0 Å². The Morgan fingerprint density at radius 3 is 2.29 bits per heavy atom. The highest BCUT2D eigenvalue weighted by atomic mass is 16.4. The van der Waals surface area contributed by atoms with E-state index in [0.29, 0.717) is 48.7 Å². The molecule has 1 fully saturated rings. The third-order valence-electron chi connectivity index (χ3n) is 6.44. The normalized spacial score (nSPS) is 14.2. The Kier molecular flexibility index (Phi) is 6.09. The number of hydrogen-bond donors (Lipinski definition) is 0. The van der Waals surface area contributed by atoms with Crippen LogP contribution in [0.3, 0.4) is 0 Å². The molecule has 4 aromatic rings. The Balaban J connectivity index is 1.30. The maximum atomic E-state index is 13.4. The molecule has 34 heavy (non-hydrogen) atoms. The Hall–Kier alpha value is -3.99. The highest BCUT2D eigenvalue weighted by Gasteiger charge is 2.29. The molecule has 0 aliphatic carbocycles. The molecule has 1 amide bonds. The van der Waals surface area contributed by atoms with Crippen molar-refractivity contribution in [2.75, 3.05) is 13.1 Å². The molecule has 0 radical (unpaired) electrons. The molecule has 5 nitrogen and oxygen atoms in total. The molecule has 0 atom stereocenters. The van der Waals surface area contributed by atoms with Gasteiger partial charge >= 0.3 is 0 Å². The fourth-order valence-corrected chi connectivity index (χ4v) is 4.46. The van der Waals surface area contributed by atoms with Gasteiger partial charge in [-0.25, -0.2) is 4.98 Å². The van der Waals surface area contributed by atoms with Gasteiger partial charge in [-0.05, 0) is 31.9 Å². The van der Waals surface area contributed by atoms with Crippen LogP contribution in [0.1, 0.15) is 39.1 Å². The number of aromatic nitrogens is 1. The van der Waals surface area contributed by atoms with Gasteiger partial charge in [0.1, 0.15) is 0 Å². The Labute approximate surface area is 199 Å². The molecule has 5 heteroatoms. The Morgan fingerprint density at radius 1 is 0.882 bits per heavy atom. The zero-order valence-electron chi connectivity index (χ0n) is 19.1. The molecule has 0 bridgehead atoms. The van der Waals surface area contributed by atoms with E-state index >= 15 is 0 Å². The first-order valence-corrected chi connectivity index (χ1v) is 11.6. The van der Waals surface area contributed by atoms with Crippen LogP contribution in [0.25, 0.3) is 22.8 Å². The number of amides is 1. The zero-order chi connectivity index (χ0) is 23.5. The number of piperidine rings is 1. The minimum atomic E-state index is -0.0590. The number of ketones is 1. The number of carbonyl (C=O) groups excluding carboxylic acids is 2. The summed E-state index contributed by atoms with van der Waals surface area (Å²) in [4.78, 5) is 32.6. The van der Waals surface area contributed by atoms with Crippen molar-refractivity contribution in [1.29, 1.82) is 0 Å². The molecule has 1 aromatic heterocycles. The van der Waals surface area contributed by atoms with Crippen LogP contribution in [0.4, 0.5) is 0 Å². The van der Waals surface area contributed by atoms with Gasteiger partial charge in [-0.3, -0.25) is 9.59 Å². The second-order valence-corrected chi connectivity index (χ2v) is 8.74. The number of nitrogens with zero attached hydrogens (tertiary/aromatic N) is 2. The van der Waals surface area contributed by atoms with E-state index in [0.717, 1.165) is 16.7 Å². The van der Waals surface area contributed by atoms with Crippen molar-refractivity contribution < 1.29 is 14.0 Å². The molecule has 0 saturated carbocycles. The van der Waals surface area contributed by atoms with Crippen molar-refractivity contribution in [2.45, 2.75) is 19.8 Å². The van der Waals surface area contributed by atoms with Gasteiger partial charge in [0.15, 0.2) is 11.5 Å². The molecule has 5 rings (SSSR count). The highest BCUT2D eigenvalue weighted by Crippen LogP contribution is 2.30. The maximum Gasteiger partial charge on any atom is 0.254 e. The van der Waals surface area contributed by atoms with Crippen LogP contribution in [0.2, 0.25) is 0 Å². The van der Waals surface area contributed by atoms with E-state index in [2.05, 4.69) is 4.98 Å². The van der Waals surface area contributed by atoms with E-state index in [1.54, 1.807) is 6.20 Å². The first kappa shape index (κ1) is 21.8. The summed E-state index contributed by atoms with van der Waals surface area (Å²) in [5.74, 6) is 1.14. The second kappa shape index (κ2) is 9.48. The van der Waals surface area contributed by atoms with Gasteiger partial charge in [0, 0.05) is 35.7 Å². The molecule has 170 valence electrons. The van der Waals surface area contributed by atoms with Crippen molar-refractivity contribution in [3.63, 3.8) is 0 Å². The van der Waals surface area contributed by atoms with E-state index < -0.39 is 0 Å². The van der Waals surface area contributed by atoms with E-state index in [9.17, 15) is 9.59 Å². The monoisotopic (exact) mass is 450 g/mol. The number of Topliss-reactive ketones (excluding diaryl/α,β-unsaturated/α-hetero) is 1. The fourth-order valence-electron chi connectivity index (χ4n) is 4.46. The number of oxazole rings is 1. The highest BCUT2D eigenvalue weighted by molar-refractivity contribution is 6.01. The lowest BCUT2D eigenvalue weighted by atomic mass is 9.88. The summed E-state index contributed by atoms with van der Waals surface area (Å²) in [5.41, 5.74) is 4.06. The first-order chi connectivity index (χ1) is 16.6. The average Bonchev–Trinajstić information content (AvgIpc) is 3.39. The van der Waals surface area contributed by atoms with Crippen LogP contribution in [0.15, 0.2) is 89.5 Å². The topological polar surface area (TPSA) is 63.4 Å². The summed E-state index contributed by atoms with van der Waals surface area (Å²) in [5, 5.41) is 0. The summed E-state index contributed by atoms with van der Waals surface area (Å²) >= 11 is 0. The van der Waals surface area contributed by atoms with Crippen molar-refractivity contribution in [3.05, 3.63) is 102 Å². The van der Waals surface area contributed by atoms with Crippen LogP contribution in [0, 0.1) is 12.8 Å². The van der Waals surface area contributed by atoms with Crippen LogP contribution < -0.4 is 0 Å². The lowest BCUT2D eigenvalue weighted by Gasteiger charge is -2.31. The number of rotatable bonds is 5. The molecule has 1 saturated heterocycles. The van der Waals surface area contributed by atoms with Gasteiger partial charge in [0.25, 0.3) is 5.91 Å². The molecule has 1 aliphatic rings. The molecule has 1 aliphatic heterocycles. The van der Waals surface area contributed by atoms with Gasteiger partial charge in [-0.15, -0.1) is 0 Å². The molecule has 3 aromatic carbocycles. The van der Waals surface area contributed by atoms with Gasteiger partial charge in [-0.1, -0.05) is 72.3 Å². The fraction of sp³-hybridized carbons (Fsp3) is 0.207.